The maximum atomic E-state index is 13.9. The summed E-state index contributed by atoms with van der Waals surface area (Å²) < 4.78 is 32.7. The van der Waals surface area contributed by atoms with Gasteiger partial charge in [0.15, 0.2) is 23.2 Å². The molecule has 6 heteroatoms. The van der Waals surface area contributed by atoms with E-state index in [9.17, 15) is 8.78 Å². The number of benzene rings is 1. The first kappa shape index (κ1) is 16.6. The highest BCUT2D eigenvalue weighted by molar-refractivity contribution is 5.40. The number of hydrogen-bond donors (Lipinski definition) is 0. The molecule has 2 aromatic rings. The van der Waals surface area contributed by atoms with Gasteiger partial charge in [0, 0.05) is 38.4 Å². The van der Waals surface area contributed by atoms with E-state index in [0.29, 0.717) is 25.5 Å². The highest BCUT2D eigenvalue weighted by atomic mass is 19.1. The molecule has 0 bridgehead atoms. The Balaban J connectivity index is 1.66. The van der Waals surface area contributed by atoms with Crippen molar-refractivity contribution in [3.8, 4) is 5.75 Å². The Morgan fingerprint density at radius 2 is 2.04 bits per heavy atom. The number of anilines is 1. The minimum absolute atomic E-state index is 0.213. The third kappa shape index (κ3) is 3.48. The molecule has 24 heavy (non-hydrogen) atoms. The highest BCUT2D eigenvalue weighted by Crippen LogP contribution is 2.23. The molecule has 4 nitrogen and oxygen atoms in total. The zero-order valence-corrected chi connectivity index (χ0v) is 13.9. The van der Waals surface area contributed by atoms with E-state index >= 15 is 0 Å². The Morgan fingerprint density at radius 1 is 1.21 bits per heavy atom. The van der Waals surface area contributed by atoms with E-state index in [0.717, 1.165) is 12.1 Å². The van der Waals surface area contributed by atoms with Crippen LogP contribution in [0.2, 0.25) is 0 Å². The number of halogens is 2. The molecule has 128 valence electrons. The lowest BCUT2D eigenvalue weighted by atomic mass is 10.1. The summed E-state index contributed by atoms with van der Waals surface area (Å²) in [4.78, 5) is 8.37. The van der Waals surface area contributed by atoms with Crippen LogP contribution in [0.5, 0.6) is 5.75 Å². The number of piperazine rings is 1. The summed E-state index contributed by atoms with van der Waals surface area (Å²) in [6, 6.07) is 8.27. The normalized spacial score (nSPS) is 18.7. The van der Waals surface area contributed by atoms with Crippen LogP contribution >= 0.6 is 0 Å². The molecule has 0 N–H and O–H groups in total. The molecule has 0 radical (unpaired) electrons. The van der Waals surface area contributed by atoms with Crippen molar-refractivity contribution in [1.29, 1.82) is 0 Å². The van der Waals surface area contributed by atoms with Gasteiger partial charge < -0.3 is 9.64 Å². The molecule has 1 aliphatic rings. The number of methoxy groups -OCH3 is 1. The number of aromatic nitrogens is 1. The number of hydrogen-bond acceptors (Lipinski definition) is 4. The fourth-order valence-electron chi connectivity index (χ4n) is 3.08. The fourth-order valence-corrected chi connectivity index (χ4v) is 3.08. The first-order chi connectivity index (χ1) is 11.6. The van der Waals surface area contributed by atoms with Crippen LogP contribution in [0.25, 0.3) is 0 Å². The van der Waals surface area contributed by atoms with E-state index in [1.165, 1.54) is 19.2 Å². The van der Waals surface area contributed by atoms with E-state index < -0.39 is 0 Å². The Hall–Kier alpha value is -2.21. The molecule has 0 spiro atoms. The van der Waals surface area contributed by atoms with Crippen LogP contribution in [-0.4, -0.2) is 42.7 Å². The van der Waals surface area contributed by atoms with Crippen LogP contribution in [0, 0.1) is 11.6 Å². The molecule has 0 aliphatic carbocycles. The third-order valence-corrected chi connectivity index (χ3v) is 4.41. The first-order valence-electron chi connectivity index (χ1n) is 8.00. The predicted octanol–water partition coefficient (Wildman–Crippen LogP) is 3.08. The summed E-state index contributed by atoms with van der Waals surface area (Å²) in [6.07, 6.45) is 1.61. The van der Waals surface area contributed by atoms with E-state index in [1.54, 1.807) is 18.3 Å². The van der Waals surface area contributed by atoms with Gasteiger partial charge in [0.05, 0.1) is 7.11 Å². The largest absolute Gasteiger partial charge is 0.494 e. The SMILES string of the molecule is COc1ccc(CN2CCN(c3ncccc3F)CC2C)cc1F. The number of ether oxygens (including phenoxy) is 1. The van der Waals surface area contributed by atoms with Gasteiger partial charge in [0.25, 0.3) is 0 Å². The smallest absolute Gasteiger partial charge is 0.165 e. The quantitative estimate of drug-likeness (QED) is 0.860. The monoisotopic (exact) mass is 333 g/mol. The third-order valence-electron chi connectivity index (χ3n) is 4.41. The van der Waals surface area contributed by atoms with Gasteiger partial charge in [-0.2, -0.15) is 0 Å². The first-order valence-corrected chi connectivity index (χ1v) is 8.00. The van der Waals surface area contributed by atoms with Crippen molar-refractivity contribution in [2.24, 2.45) is 0 Å². The summed E-state index contributed by atoms with van der Waals surface area (Å²) in [7, 11) is 1.45. The second kappa shape index (κ2) is 7.13. The van der Waals surface area contributed by atoms with Crippen molar-refractivity contribution in [2.45, 2.75) is 19.5 Å². The molecule has 1 unspecified atom stereocenters. The van der Waals surface area contributed by atoms with Gasteiger partial charge >= 0.3 is 0 Å². The molecule has 0 amide bonds. The van der Waals surface area contributed by atoms with Crippen molar-refractivity contribution >= 4 is 5.82 Å². The van der Waals surface area contributed by atoms with E-state index in [2.05, 4.69) is 16.8 Å². The van der Waals surface area contributed by atoms with Gasteiger partial charge in [-0.3, -0.25) is 4.90 Å². The molecule has 3 rings (SSSR count). The maximum Gasteiger partial charge on any atom is 0.165 e. The van der Waals surface area contributed by atoms with Crippen LogP contribution < -0.4 is 9.64 Å². The van der Waals surface area contributed by atoms with Gasteiger partial charge in [-0.25, -0.2) is 13.8 Å². The van der Waals surface area contributed by atoms with Gasteiger partial charge in [0.1, 0.15) is 0 Å². The summed E-state index contributed by atoms with van der Waals surface area (Å²) in [5, 5.41) is 0. The molecular weight excluding hydrogens is 312 g/mol. The van der Waals surface area contributed by atoms with Crippen LogP contribution in [0.3, 0.4) is 0 Å². The lowest BCUT2D eigenvalue weighted by Gasteiger charge is -2.40. The zero-order valence-electron chi connectivity index (χ0n) is 13.9. The number of nitrogens with zero attached hydrogens (tertiary/aromatic N) is 3. The second-order valence-electron chi connectivity index (χ2n) is 6.04. The average molecular weight is 333 g/mol. The molecule has 1 aliphatic heterocycles. The highest BCUT2D eigenvalue weighted by Gasteiger charge is 2.26. The molecule has 1 saturated heterocycles. The lowest BCUT2D eigenvalue weighted by Crippen LogP contribution is -2.51. The lowest BCUT2D eigenvalue weighted by molar-refractivity contribution is 0.180. The molecule has 1 fully saturated rings. The standard InChI is InChI=1S/C18H21F2N3O/c1-13-11-23(18-15(19)4-3-7-21-18)9-8-22(13)12-14-5-6-17(24-2)16(20)10-14/h3-7,10,13H,8-9,11-12H2,1-2H3. The Kier molecular flexibility index (Phi) is 4.94. The van der Waals surface area contributed by atoms with Crippen molar-refractivity contribution in [3.05, 3.63) is 53.7 Å². The maximum absolute atomic E-state index is 13.9. The van der Waals surface area contributed by atoms with E-state index in [-0.39, 0.29) is 23.4 Å². The average Bonchev–Trinajstić information content (AvgIpc) is 2.57. The Bertz CT molecular complexity index is 710. The van der Waals surface area contributed by atoms with Crippen LogP contribution in [0.1, 0.15) is 12.5 Å². The van der Waals surface area contributed by atoms with Crippen LogP contribution in [0.15, 0.2) is 36.5 Å². The second-order valence-corrected chi connectivity index (χ2v) is 6.04. The predicted molar refractivity (Wildman–Crippen MR) is 89.2 cm³/mol. The van der Waals surface area contributed by atoms with E-state index in [4.69, 9.17) is 4.74 Å². The molecule has 2 heterocycles. The van der Waals surface area contributed by atoms with Crippen molar-refractivity contribution < 1.29 is 13.5 Å². The minimum Gasteiger partial charge on any atom is -0.494 e. The number of rotatable bonds is 4. The van der Waals surface area contributed by atoms with Gasteiger partial charge in [-0.15, -0.1) is 0 Å². The van der Waals surface area contributed by atoms with Gasteiger partial charge in [0.2, 0.25) is 0 Å². The summed E-state index contributed by atoms with van der Waals surface area (Å²) >= 11 is 0. The van der Waals surface area contributed by atoms with Crippen molar-refractivity contribution in [3.63, 3.8) is 0 Å². The molecule has 1 atom stereocenters. The van der Waals surface area contributed by atoms with E-state index in [1.807, 2.05) is 11.0 Å². The van der Waals surface area contributed by atoms with Gasteiger partial charge in [-0.1, -0.05) is 6.07 Å². The van der Waals surface area contributed by atoms with Gasteiger partial charge in [-0.05, 0) is 36.8 Å². The summed E-state index contributed by atoms with van der Waals surface area (Å²) in [6.45, 7) is 4.89. The number of pyridine rings is 1. The molecular formula is C18H21F2N3O. The van der Waals surface area contributed by atoms with Crippen LogP contribution in [-0.2, 0) is 6.54 Å². The fraction of sp³-hybridized carbons (Fsp3) is 0.389. The van der Waals surface area contributed by atoms with Crippen molar-refractivity contribution in [2.75, 3.05) is 31.6 Å². The van der Waals surface area contributed by atoms with Crippen LogP contribution in [0.4, 0.5) is 14.6 Å². The summed E-state index contributed by atoms with van der Waals surface area (Å²) in [5.41, 5.74) is 0.901. The topological polar surface area (TPSA) is 28.6 Å². The molecule has 1 aromatic heterocycles. The summed E-state index contributed by atoms with van der Waals surface area (Å²) in [5.74, 6) is 0.00829. The Labute approximate surface area is 140 Å². The Morgan fingerprint density at radius 3 is 2.71 bits per heavy atom. The zero-order chi connectivity index (χ0) is 17.1. The minimum atomic E-state index is -0.350. The molecule has 1 aromatic carbocycles. The molecule has 0 saturated carbocycles. The van der Waals surface area contributed by atoms with Crippen molar-refractivity contribution in [1.82, 2.24) is 9.88 Å².